The van der Waals surface area contributed by atoms with Crippen molar-refractivity contribution in [1.82, 2.24) is 5.32 Å². The molecule has 1 heterocycles. The highest BCUT2D eigenvalue weighted by Gasteiger charge is 2.35. The highest BCUT2D eigenvalue weighted by Crippen LogP contribution is 2.38. The van der Waals surface area contributed by atoms with E-state index in [1.165, 1.54) is 0 Å². The topological polar surface area (TPSA) is 63.2 Å². The van der Waals surface area contributed by atoms with Gasteiger partial charge < -0.3 is 0 Å². The average molecular weight is 303 g/mol. The highest BCUT2D eigenvalue weighted by molar-refractivity contribution is 7.86. The smallest absolute Gasteiger partial charge is 0.285 e. The molecule has 0 aromatic heterocycles. The molecule has 0 saturated heterocycles. The number of thiol groups is 4. The van der Waals surface area contributed by atoms with E-state index in [1.807, 2.05) is 5.32 Å². The van der Waals surface area contributed by atoms with Gasteiger partial charge in [0.05, 0.1) is 11.1 Å². The van der Waals surface area contributed by atoms with Gasteiger partial charge in [0.1, 0.15) is 0 Å². The van der Waals surface area contributed by atoms with E-state index >= 15 is 0 Å². The summed E-state index contributed by atoms with van der Waals surface area (Å²) >= 11 is 16.5. The Morgan fingerprint density at radius 1 is 0.647 bits per heavy atom. The van der Waals surface area contributed by atoms with E-state index in [4.69, 9.17) is 0 Å². The summed E-state index contributed by atoms with van der Waals surface area (Å²) < 4.78 is 0. The fraction of sp³-hybridized carbons (Fsp3) is 0. The first kappa shape index (κ1) is 12.9. The molecule has 2 amide bonds. The van der Waals surface area contributed by atoms with E-state index in [1.54, 1.807) is 0 Å². The van der Waals surface area contributed by atoms with Gasteiger partial charge in [-0.1, -0.05) is 0 Å². The number of ketones is 1. The van der Waals surface area contributed by atoms with Gasteiger partial charge in [-0.2, -0.15) is 0 Å². The first-order chi connectivity index (χ1) is 7.86. The lowest BCUT2D eigenvalue weighted by Crippen LogP contribution is -2.42. The number of nitrogens with one attached hydrogen (secondary N) is 1. The Hall–Kier alpha value is -0.570. The first-order valence-electron chi connectivity index (χ1n) is 4.26. The number of carbonyl (C=O) groups excluding carboxylic acids is 3. The molecule has 8 heteroatoms. The predicted octanol–water partition coefficient (Wildman–Crippen LogP) is 1.29. The molecule has 0 fully saturated rings. The quantitative estimate of drug-likeness (QED) is 0.285. The van der Waals surface area contributed by atoms with Crippen LogP contribution in [0, 0.1) is 0 Å². The zero-order valence-electron chi connectivity index (χ0n) is 8.01. The summed E-state index contributed by atoms with van der Waals surface area (Å²) in [5, 5.41) is 1.93. The number of fused-ring (bicyclic) bond motifs is 1. The molecular formula is C9H5NO3S4. The van der Waals surface area contributed by atoms with Gasteiger partial charge in [-0.15, -0.1) is 50.5 Å². The zero-order valence-corrected chi connectivity index (χ0v) is 11.6. The summed E-state index contributed by atoms with van der Waals surface area (Å²) in [6.07, 6.45) is 0. The van der Waals surface area contributed by atoms with Gasteiger partial charge in [-0.05, 0) is 0 Å². The van der Waals surface area contributed by atoms with Crippen LogP contribution >= 0.6 is 50.5 Å². The lowest BCUT2D eigenvalue weighted by molar-refractivity contribution is -0.116. The summed E-state index contributed by atoms with van der Waals surface area (Å²) in [4.78, 5) is 35.6. The summed E-state index contributed by atoms with van der Waals surface area (Å²) in [7, 11) is 0. The monoisotopic (exact) mass is 303 g/mol. The Balaban J connectivity index is 2.93. The van der Waals surface area contributed by atoms with Gasteiger partial charge in [-0.3, -0.25) is 19.7 Å². The Morgan fingerprint density at radius 3 is 1.65 bits per heavy atom. The van der Waals surface area contributed by atoms with Crippen molar-refractivity contribution >= 4 is 68.1 Å². The third-order valence-electron chi connectivity index (χ3n) is 2.28. The minimum Gasteiger partial charge on any atom is -0.285 e. The van der Waals surface area contributed by atoms with E-state index in [9.17, 15) is 14.4 Å². The third kappa shape index (κ3) is 1.79. The summed E-state index contributed by atoms with van der Waals surface area (Å²) in [6, 6.07) is 0. The third-order valence-corrected chi connectivity index (χ3v) is 4.60. The second-order valence-electron chi connectivity index (χ2n) is 3.26. The molecule has 17 heavy (non-hydrogen) atoms. The van der Waals surface area contributed by atoms with Crippen LogP contribution in [0.2, 0.25) is 0 Å². The number of amides is 2. The van der Waals surface area contributed by atoms with Crippen LogP contribution in [0.3, 0.4) is 0 Å². The van der Waals surface area contributed by atoms with Crippen LogP contribution in [0.5, 0.6) is 0 Å². The van der Waals surface area contributed by atoms with E-state index in [0.29, 0.717) is 9.79 Å². The summed E-state index contributed by atoms with van der Waals surface area (Å²) in [6.45, 7) is 0. The molecule has 1 aliphatic rings. The molecular weight excluding hydrogens is 298 g/mol. The van der Waals surface area contributed by atoms with Crippen LogP contribution in [0.1, 0.15) is 20.7 Å². The van der Waals surface area contributed by atoms with Gasteiger partial charge in [0.15, 0.2) is 0 Å². The van der Waals surface area contributed by atoms with Crippen molar-refractivity contribution in [3.05, 3.63) is 11.1 Å². The van der Waals surface area contributed by atoms with Crippen LogP contribution in [0.4, 0.5) is 0 Å². The van der Waals surface area contributed by atoms with E-state index in [0.717, 1.165) is 0 Å². The minimum atomic E-state index is -0.981. The van der Waals surface area contributed by atoms with Crippen molar-refractivity contribution in [2.24, 2.45) is 0 Å². The van der Waals surface area contributed by atoms with Gasteiger partial charge in [0.2, 0.25) is 0 Å². The maximum absolute atomic E-state index is 11.7. The van der Waals surface area contributed by atoms with E-state index < -0.39 is 17.6 Å². The molecule has 0 atom stereocenters. The molecule has 1 aliphatic heterocycles. The summed E-state index contributed by atoms with van der Waals surface area (Å²) in [5.41, 5.74) is -0.0689. The first-order valence-corrected chi connectivity index (χ1v) is 6.05. The molecule has 0 spiro atoms. The van der Waals surface area contributed by atoms with Crippen molar-refractivity contribution in [1.29, 1.82) is 0 Å². The normalized spacial score (nSPS) is 14.7. The molecule has 88 valence electrons. The molecule has 2 rings (SSSR count). The molecule has 1 aromatic carbocycles. The van der Waals surface area contributed by atoms with Crippen LogP contribution in [0.15, 0.2) is 19.6 Å². The molecule has 0 aliphatic carbocycles. The van der Waals surface area contributed by atoms with Crippen LogP contribution < -0.4 is 5.32 Å². The number of benzene rings is 1. The number of rotatable bonds is 0. The molecule has 4 nitrogen and oxygen atoms in total. The SMILES string of the molecule is O=C1NC(=O)c2c(S)c(S)c(S)c(S)c2C1=O. The van der Waals surface area contributed by atoms with Crippen molar-refractivity contribution in [2.75, 3.05) is 0 Å². The Labute approximate surface area is 118 Å². The average Bonchev–Trinajstić information content (AvgIpc) is 2.28. The standard InChI is InChI=1S/C9H5NO3S4/c11-3-1-2(8(12)10-9(3)13)5(15)7(17)6(16)4(1)14/h14-17H,(H,10,12,13). The van der Waals surface area contributed by atoms with Gasteiger partial charge in [0, 0.05) is 19.6 Å². The Bertz CT molecular complexity index is 597. The number of Topliss-reactive ketones (excluding diaryl/α,β-unsaturated/α-hetero) is 1. The second kappa shape index (κ2) is 4.27. The van der Waals surface area contributed by atoms with Gasteiger partial charge in [-0.25, -0.2) is 0 Å². The highest BCUT2D eigenvalue weighted by atomic mass is 32.1. The Morgan fingerprint density at radius 2 is 1.12 bits per heavy atom. The number of carbonyl (C=O) groups is 3. The molecule has 1 N–H and O–H groups in total. The van der Waals surface area contributed by atoms with Crippen LogP contribution in [0.25, 0.3) is 0 Å². The predicted molar refractivity (Wildman–Crippen MR) is 72.3 cm³/mol. The molecule has 1 aromatic rings. The number of hydrogen-bond acceptors (Lipinski definition) is 7. The van der Waals surface area contributed by atoms with Crippen LogP contribution in [-0.4, -0.2) is 17.6 Å². The zero-order chi connectivity index (χ0) is 12.9. The number of hydrogen-bond donors (Lipinski definition) is 5. The maximum atomic E-state index is 11.7. The van der Waals surface area contributed by atoms with E-state index in [-0.39, 0.29) is 20.9 Å². The Kier molecular flexibility index (Phi) is 3.23. The fourth-order valence-corrected chi connectivity index (χ4v) is 2.75. The van der Waals surface area contributed by atoms with E-state index in [2.05, 4.69) is 50.5 Å². The van der Waals surface area contributed by atoms with Gasteiger partial charge >= 0.3 is 0 Å². The molecule has 0 saturated carbocycles. The van der Waals surface area contributed by atoms with Crippen molar-refractivity contribution in [3.63, 3.8) is 0 Å². The molecule has 0 unspecified atom stereocenters. The lowest BCUT2D eigenvalue weighted by Gasteiger charge is -2.20. The van der Waals surface area contributed by atoms with Gasteiger partial charge in [0.25, 0.3) is 17.6 Å². The molecule has 0 radical (unpaired) electrons. The summed E-state index contributed by atoms with van der Waals surface area (Å²) in [5.74, 6) is -2.50. The molecule has 0 bridgehead atoms. The number of imide groups is 1. The van der Waals surface area contributed by atoms with Crippen molar-refractivity contribution in [3.8, 4) is 0 Å². The lowest BCUT2D eigenvalue weighted by atomic mass is 9.98. The maximum Gasteiger partial charge on any atom is 0.299 e. The largest absolute Gasteiger partial charge is 0.299 e. The van der Waals surface area contributed by atoms with Crippen molar-refractivity contribution < 1.29 is 14.4 Å². The van der Waals surface area contributed by atoms with Crippen molar-refractivity contribution in [2.45, 2.75) is 19.6 Å². The van der Waals surface area contributed by atoms with Crippen LogP contribution in [-0.2, 0) is 4.79 Å². The minimum absolute atomic E-state index is 0.00531. The second-order valence-corrected chi connectivity index (χ2v) is 5.05. The fourth-order valence-electron chi connectivity index (χ4n) is 1.48.